The fourth-order valence-corrected chi connectivity index (χ4v) is 5.32. The summed E-state index contributed by atoms with van der Waals surface area (Å²) >= 11 is 1.01. The second-order valence-electron chi connectivity index (χ2n) is 9.97. The highest BCUT2D eigenvalue weighted by Crippen LogP contribution is 2.25. The smallest absolute Gasteiger partial charge is 0.323 e. The molecule has 0 bridgehead atoms. The number of amides is 1. The first-order valence-electron chi connectivity index (χ1n) is 14.1. The van der Waals surface area contributed by atoms with E-state index in [0.717, 1.165) is 42.2 Å². The van der Waals surface area contributed by atoms with Crippen LogP contribution in [0.3, 0.4) is 0 Å². The highest BCUT2D eigenvalue weighted by atomic mass is 32.2. The molecule has 0 atom stereocenters. The van der Waals surface area contributed by atoms with E-state index < -0.39 is 12.5 Å². The van der Waals surface area contributed by atoms with Gasteiger partial charge in [-0.25, -0.2) is 0 Å². The summed E-state index contributed by atoms with van der Waals surface area (Å²) in [5.41, 5.74) is 2.32. The molecular weight excluding hydrogens is 470 g/mol. The van der Waals surface area contributed by atoms with Gasteiger partial charge in [-0.3, -0.25) is 19.3 Å². The third kappa shape index (κ3) is 14.7. The van der Waals surface area contributed by atoms with Crippen LogP contribution in [0, 0.1) is 13.8 Å². The standard InChI is InChI=1S/C30H49NO4S/c1-4-5-6-7-8-9-10-11-12-13-14-15-16-17-18-22-29(35)36-24-27(32)31(23-28(33)34)30-25(2)20-19-21-26(30)3/h19-21H,4-18,22-24H2,1-3H3,(H,33,34). The van der Waals surface area contributed by atoms with Gasteiger partial charge in [0.05, 0.1) is 11.4 Å². The summed E-state index contributed by atoms with van der Waals surface area (Å²) in [5.74, 6) is -1.44. The van der Waals surface area contributed by atoms with Gasteiger partial charge in [0, 0.05) is 6.42 Å². The molecule has 0 aliphatic carbocycles. The van der Waals surface area contributed by atoms with Crippen LogP contribution in [0.15, 0.2) is 18.2 Å². The van der Waals surface area contributed by atoms with Crippen molar-refractivity contribution in [3.05, 3.63) is 29.3 Å². The fourth-order valence-electron chi connectivity index (χ4n) is 4.59. The summed E-state index contributed by atoms with van der Waals surface area (Å²) in [5, 5.41) is 9.30. The molecular formula is C30H49NO4S. The van der Waals surface area contributed by atoms with E-state index in [4.69, 9.17) is 0 Å². The summed E-state index contributed by atoms with van der Waals surface area (Å²) < 4.78 is 0. The summed E-state index contributed by atoms with van der Waals surface area (Å²) in [6.45, 7) is 5.58. The Bertz CT molecular complexity index is 760. The van der Waals surface area contributed by atoms with Gasteiger partial charge in [-0.1, -0.05) is 127 Å². The van der Waals surface area contributed by atoms with Crippen molar-refractivity contribution in [2.45, 2.75) is 124 Å². The van der Waals surface area contributed by atoms with E-state index in [-0.39, 0.29) is 16.8 Å². The topological polar surface area (TPSA) is 74.7 Å². The van der Waals surface area contributed by atoms with Crippen LogP contribution in [0.1, 0.15) is 121 Å². The second-order valence-corrected chi connectivity index (χ2v) is 11.0. The molecule has 36 heavy (non-hydrogen) atoms. The van der Waals surface area contributed by atoms with Crippen molar-refractivity contribution in [1.29, 1.82) is 0 Å². The van der Waals surface area contributed by atoms with Crippen LogP contribution in [-0.2, 0) is 14.4 Å². The van der Waals surface area contributed by atoms with Crippen molar-refractivity contribution in [2.75, 3.05) is 17.2 Å². The Labute approximate surface area is 223 Å². The van der Waals surface area contributed by atoms with Gasteiger partial charge in [-0.15, -0.1) is 0 Å². The third-order valence-electron chi connectivity index (χ3n) is 6.64. The van der Waals surface area contributed by atoms with E-state index in [0.29, 0.717) is 12.1 Å². The van der Waals surface area contributed by atoms with E-state index in [1.54, 1.807) is 0 Å². The van der Waals surface area contributed by atoms with Crippen molar-refractivity contribution < 1.29 is 19.5 Å². The summed E-state index contributed by atoms with van der Waals surface area (Å²) in [6, 6.07) is 5.60. The molecule has 1 aromatic carbocycles. The average Bonchev–Trinajstić information content (AvgIpc) is 2.84. The number of carbonyl (C=O) groups excluding carboxylic acids is 2. The zero-order valence-electron chi connectivity index (χ0n) is 23.0. The lowest BCUT2D eigenvalue weighted by atomic mass is 10.0. The van der Waals surface area contributed by atoms with Crippen molar-refractivity contribution in [1.82, 2.24) is 0 Å². The van der Waals surface area contributed by atoms with Crippen molar-refractivity contribution in [3.8, 4) is 0 Å². The second kappa shape index (κ2) is 20.3. The molecule has 0 aromatic heterocycles. The van der Waals surface area contributed by atoms with E-state index in [1.165, 1.54) is 81.9 Å². The van der Waals surface area contributed by atoms with Crippen LogP contribution in [0.25, 0.3) is 0 Å². The Morgan fingerprint density at radius 3 is 1.64 bits per heavy atom. The Hall–Kier alpha value is -1.82. The maximum atomic E-state index is 12.8. The zero-order chi connectivity index (χ0) is 26.6. The number of aliphatic carboxylic acids is 1. The first-order chi connectivity index (χ1) is 17.4. The minimum atomic E-state index is -1.07. The molecule has 1 rings (SSSR count). The molecule has 204 valence electrons. The Balaban J connectivity index is 2.13. The zero-order valence-corrected chi connectivity index (χ0v) is 23.8. The number of hydrogen-bond acceptors (Lipinski definition) is 4. The van der Waals surface area contributed by atoms with Crippen molar-refractivity contribution in [3.63, 3.8) is 0 Å². The number of para-hydroxylation sites is 1. The molecule has 1 N–H and O–H groups in total. The lowest BCUT2D eigenvalue weighted by Gasteiger charge is -2.24. The monoisotopic (exact) mass is 519 g/mol. The number of benzene rings is 1. The molecule has 6 heteroatoms. The summed E-state index contributed by atoms with van der Waals surface area (Å²) in [4.78, 5) is 37.7. The molecule has 0 unspecified atom stereocenters. The van der Waals surface area contributed by atoms with Gasteiger partial charge in [-0.2, -0.15) is 0 Å². The van der Waals surface area contributed by atoms with Crippen LogP contribution < -0.4 is 4.90 Å². The van der Waals surface area contributed by atoms with E-state index in [2.05, 4.69) is 6.92 Å². The highest BCUT2D eigenvalue weighted by Gasteiger charge is 2.22. The van der Waals surface area contributed by atoms with Crippen LogP contribution in [-0.4, -0.2) is 34.4 Å². The number of carbonyl (C=O) groups is 3. The number of rotatable bonds is 21. The highest BCUT2D eigenvalue weighted by molar-refractivity contribution is 8.14. The molecule has 0 aliphatic rings. The first-order valence-corrected chi connectivity index (χ1v) is 15.1. The van der Waals surface area contributed by atoms with Crippen LogP contribution in [0.5, 0.6) is 0 Å². The Morgan fingerprint density at radius 2 is 1.19 bits per heavy atom. The van der Waals surface area contributed by atoms with E-state index in [1.807, 2.05) is 32.0 Å². The molecule has 1 amide bonds. The molecule has 0 saturated heterocycles. The SMILES string of the molecule is CCCCCCCCCCCCCCCCCC(=O)SCC(=O)N(CC(=O)O)c1c(C)cccc1C. The van der Waals surface area contributed by atoms with Gasteiger partial charge in [-0.05, 0) is 31.4 Å². The summed E-state index contributed by atoms with van der Waals surface area (Å²) in [7, 11) is 0. The largest absolute Gasteiger partial charge is 0.480 e. The predicted octanol–water partition coefficient (Wildman–Crippen LogP) is 8.24. The fraction of sp³-hybridized carbons (Fsp3) is 0.700. The quantitative estimate of drug-likeness (QED) is 0.166. The molecule has 0 saturated carbocycles. The normalized spacial score (nSPS) is 11.0. The van der Waals surface area contributed by atoms with Gasteiger partial charge in [0.1, 0.15) is 6.54 Å². The lowest BCUT2D eigenvalue weighted by Crippen LogP contribution is -2.38. The van der Waals surface area contributed by atoms with Crippen LogP contribution in [0.4, 0.5) is 5.69 Å². The minimum Gasteiger partial charge on any atom is -0.480 e. The van der Waals surface area contributed by atoms with Gasteiger partial charge in [0.2, 0.25) is 5.91 Å². The number of aryl methyl sites for hydroxylation is 2. The maximum Gasteiger partial charge on any atom is 0.323 e. The molecule has 5 nitrogen and oxygen atoms in total. The Morgan fingerprint density at radius 1 is 0.750 bits per heavy atom. The number of carboxylic acids is 1. The predicted molar refractivity (Wildman–Crippen MR) is 153 cm³/mol. The third-order valence-corrected chi connectivity index (χ3v) is 7.56. The molecule has 0 heterocycles. The van der Waals surface area contributed by atoms with Crippen LogP contribution in [0.2, 0.25) is 0 Å². The van der Waals surface area contributed by atoms with Gasteiger partial charge >= 0.3 is 5.97 Å². The summed E-state index contributed by atoms with van der Waals surface area (Å²) in [6.07, 6.45) is 19.8. The Kier molecular flexibility index (Phi) is 18.1. The van der Waals surface area contributed by atoms with Gasteiger partial charge < -0.3 is 5.11 Å². The molecule has 0 radical (unpaired) electrons. The maximum absolute atomic E-state index is 12.8. The van der Waals surface area contributed by atoms with Gasteiger partial charge in [0.25, 0.3) is 0 Å². The molecule has 0 aliphatic heterocycles. The number of anilines is 1. The number of thioether (sulfide) groups is 1. The van der Waals surface area contributed by atoms with E-state index in [9.17, 15) is 19.5 Å². The molecule has 0 fully saturated rings. The van der Waals surface area contributed by atoms with Crippen molar-refractivity contribution in [2.24, 2.45) is 0 Å². The van der Waals surface area contributed by atoms with Crippen molar-refractivity contribution >= 4 is 34.4 Å². The molecule has 0 spiro atoms. The number of hydrogen-bond donors (Lipinski definition) is 1. The van der Waals surface area contributed by atoms with E-state index >= 15 is 0 Å². The number of carboxylic acid groups (broad SMARTS) is 1. The average molecular weight is 520 g/mol. The lowest BCUT2D eigenvalue weighted by molar-refractivity contribution is -0.136. The van der Waals surface area contributed by atoms with Gasteiger partial charge in [0.15, 0.2) is 5.12 Å². The first kappa shape index (κ1) is 32.2. The van der Waals surface area contributed by atoms with Crippen LogP contribution >= 0.6 is 11.8 Å². The number of nitrogens with zero attached hydrogens (tertiary/aromatic N) is 1. The molecule has 1 aromatic rings. The number of unbranched alkanes of at least 4 members (excludes halogenated alkanes) is 14. The minimum absolute atomic E-state index is 0.00910.